The van der Waals surface area contributed by atoms with Gasteiger partial charge in [0.2, 0.25) is 0 Å². The Hall–Kier alpha value is -3.18. The second kappa shape index (κ2) is 8.80. The number of nitrogens with one attached hydrogen (secondary N) is 1. The molecule has 0 bridgehead atoms. The molecule has 1 amide bonds. The van der Waals surface area contributed by atoms with Crippen LogP contribution in [0.2, 0.25) is 0 Å². The van der Waals surface area contributed by atoms with Gasteiger partial charge >= 0.3 is 0 Å². The number of hydrogen-bond acceptors (Lipinski definition) is 8. The Kier molecular flexibility index (Phi) is 5.92. The standard InChI is InChI=1S/C24H30N6O4S/c1-24(2)15-17-13-19(27-23(31)18-16-26-30-6-4-5-25-22(18)30)20(14-21(17)34-24)29-9-7-28(8-10-29)11-12-35(3,32)33/h4-6,13-14,16H,7-12,15H2,1-3H3,(H,27,31). The highest BCUT2D eigenvalue weighted by molar-refractivity contribution is 7.90. The van der Waals surface area contributed by atoms with Crippen molar-refractivity contribution in [1.82, 2.24) is 19.5 Å². The van der Waals surface area contributed by atoms with E-state index >= 15 is 0 Å². The number of ether oxygens (including phenoxy) is 1. The van der Waals surface area contributed by atoms with E-state index in [0.29, 0.717) is 30.8 Å². The first-order valence-electron chi connectivity index (χ1n) is 11.7. The third kappa shape index (κ3) is 5.10. The Bertz CT molecular complexity index is 1380. The van der Waals surface area contributed by atoms with Gasteiger partial charge in [-0.25, -0.2) is 17.9 Å². The summed E-state index contributed by atoms with van der Waals surface area (Å²) in [5, 5.41) is 7.32. The maximum absolute atomic E-state index is 13.3. The fourth-order valence-corrected chi connectivity index (χ4v) is 5.28. The zero-order valence-corrected chi connectivity index (χ0v) is 21.0. The van der Waals surface area contributed by atoms with E-state index in [2.05, 4.69) is 39.0 Å². The Morgan fingerprint density at radius 2 is 1.97 bits per heavy atom. The number of carbonyl (C=O) groups is 1. The van der Waals surface area contributed by atoms with Gasteiger partial charge in [0.05, 0.1) is 23.3 Å². The molecule has 2 aromatic heterocycles. The van der Waals surface area contributed by atoms with Crippen LogP contribution in [-0.4, -0.2) is 84.2 Å². The van der Waals surface area contributed by atoms with Crippen molar-refractivity contribution >= 4 is 32.8 Å². The molecule has 5 rings (SSSR count). The summed E-state index contributed by atoms with van der Waals surface area (Å²) >= 11 is 0. The van der Waals surface area contributed by atoms with E-state index in [1.165, 1.54) is 12.5 Å². The number of piperazine rings is 1. The van der Waals surface area contributed by atoms with Gasteiger partial charge in [0.1, 0.15) is 26.8 Å². The van der Waals surface area contributed by atoms with Crippen LogP contribution in [0, 0.1) is 0 Å². The number of carbonyl (C=O) groups excluding carboxylic acids is 1. The Morgan fingerprint density at radius 3 is 2.71 bits per heavy atom. The van der Waals surface area contributed by atoms with E-state index in [-0.39, 0.29) is 17.3 Å². The van der Waals surface area contributed by atoms with E-state index in [9.17, 15) is 13.2 Å². The van der Waals surface area contributed by atoms with Crippen molar-refractivity contribution in [3.63, 3.8) is 0 Å². The number of sulfone groups is 1. The van der Waals surface area contributed by atoms with Crippen LogP contribution in [0.4, 0.5) is 11.4 Å². The maximum Gasteiger partial charge on any atom is 0.261 e. The van der Waals surface area contributed by atoms with Crippen molar-refractivity contribution in [2.24, 2.45) is 0 Å². The molecule has 0 unspecified atom stereocenters. The SMILES string of the molecule is CC1(C)Cc2cc(NC(=O)c3cnn4cccnc34)c(N3CCN(CCS(C)(=O)=O)CC3)cc2O1. The molecule has 2 aliphatic heterocycles. The maximum atomic E-state index is 13.3. The summed E-state index contributed by atoms with van der Waals surface area (Å²) in [6, 6.07) is 5.78. The molecule has 0 saturated carbocycles. The van der Waals surface area contributed by atoms with Crippen LogP contribution in [0.25, 0.3) is 5.65 Å². The van der Waals surface area contributed by atoms with Crippen LogP contribution in [0.5, 0.6) is 5.75 Å². The van der Waals surface area contributed by atoms with Gasteiger partial charge in [-0.1, -0.05) is 0 Å². The minimum absolute atomic E-state index is 0.157. The number of rotatable bonds is 6. The lowest BCUT2D eigenvalue weighted by Crippen LogP contribution is -2.47. The summed E-state index contributed by atoms with van der Waals surface area (Å²) in [5.74, 6) is 0.717. The molecule has 0 atom stereocenters. The number of aromatic nitrogens is 3. The van der Waals surface area contributed by atoms with Gasteiger partial charge in [-0.15, -0.1) is 0 Å². The number of benzene rings is 1. The smallest absolute Gasteiger partial charge is 0.261 e. The number of hydrogen-bond donors (Lipinski definition) is 1. The summed E-state index contributed by atoms with van der Waals surface area (Å²) in [5.41, 5.74) is 3.26. The van der Waals surface area contributed by atoms with Crippen molar-refractivity contribution in [3.8, 4) is 5.75 Å². The highest BCUT2D eigenvalue weighted by Crippen LogP contribution is 2.42. The van der Waals surface area contributed by atoms with Crippen LogP contribution in [0.3, 0.4) is 0 Å². The monoisotopic (exact) mass is 498 g/mol. The predicted octanol–water partition coefficient (Wildman–Crippen LogP) is 1.86. The molecular formula is C24H30N6O4S. The van der Waals surface area contributed by atoms with Crippen molar-refractivity contribution in [3.05, 3.63) is 47.9 Å². The number of fused-ring (bicyclic) bond motifs is 2. The normalized spacial score (nSPS) is 17.9. The molecule has 4 heterocycles. The van der Waals surface area contributed by atoms with Crippen molar-refractivity contribution < 1.29 is 17.9 Å². The highest BCUT2D eigenvalue weighted by atomic mass is 32.2. The largest absolute Gasteiger partial charge is 0.487 e. The molecule has 10 nitrogen and oxygen atoms in total. The number of nitrogens with zero attached hydrogens (tertiary/aromatic N) is 5. The second-order valence-corrected chi connectivity index (χ2v) is 12.1. The summed E-state index contributed by atoms with van der Waals surface area (Å²) in [7, 11) is -3.00. The van der Waals surface area contributed by atoms with Crippen LogP contribution < -0.4 is 15.0 Å². The lowest BCUT2D eigenvalue weighted by atomic mass is 10.0. The minimum atomic E-state index is -3.00. The topological polar surface area (TPSA) is 109 Å². The first-order chi connectivity index (χ1) is 16.6. The van der Waals surface area contributed by atoms with Gasteiger partial charge in [-0.3, -0.25) is 9.69 Å². The number of amides is 1. The third-order valence-electron chi connectivity index (χ3n) is 6.44. The van der Waals surface area contributed by atoms with Gasteiger partial charge in [0.15, 0.2) is 5.65 Å². The molecule has 1 fully saturated rings. The molecule has 0 spiro atoms. The second-order valence-electron chi connectivity index (χ2n) is 9.87. The van der Waals surface area contributed by atoms with Crippen molar-refractivity contribution in [1.29, 1.82) is 0 Å². The van der Waals surface area contributed by atoms with E-state index in [1.54, 1.807) is 23.0 Å². The molecule has 0 radical (unpaired) electrons. The molecule has 0 aliphatic carbocycles. The lowest BCUT2D eigenvalue weighted by Gasteiger charge is -2.37. The fourth-order valence-electron chi connectivity index (χ4n) is 4.69. The average Bonchev–Trinajstić information content (AvgIpc) is 3.36. The van der Waals surface area contributed by atoms with E-state index in [1.807, 2.05) is 12.1 Å². The molecule has 11 heteroatoms. The first kappa shape index (κ1) is 23.6. The zero-order chi connectivity index (χ0) is 24.8. The van der Waals surface area contributed by atoms with Crippen LogP contribution >= 0.6 is 0 Å². The zero-order valence-electron chi connectivity index (χ0n) is 20.2. The lowest BCUT2D eigenvalue weighted by molar-refractivity contribution is 0.102. The van der Waals surface area contributed by atoms with E-state index in [4.69, 9.17) is 4.74 Å². The molecule has 1 saturated heterocycles. The highest BCUT2D eigenvalue weighted by Gasteiger charge is 2.32. The molecule has 186 valence electrons. The quantitative estimate of drug-likeness (QED) is 0.549. The van der Waals surface area contributed by atoms with Crippen LogP contribution in [0.15, 0.2) is 36.8 Å². The molecule has 1 N–H and O–H groups in total. The Labute approximate surface area is 204 Å². The molecule has 35 heavy (non-hydrogen) atoms. The fraction of sp³-hybridized carbons (Fsp3) is 0.458. The summed E-state index contributed by atoms with van der Waals surface area (Å²) in [6.07, 6.45) is 6.93. The average molecular weight is 499 g/mol. The van der Waals surface area contributed by atoms with Gasteiger partial charge in [-0.2, -0.15) is 5.10 Å². The van der Waals surface area contributed by atoms with E-state index in [0.717, 1.165) is 42.2 Å². The predicted molar refractivity (Wildman–Crippen MR) is 134 cm³/mol. The number of anilines is 2. The summed E-state index contributed by atoms with van der Waals surface area (Å²) in [6.45, 7) is 7.54. The minimum Gasteiger partial charge on any atom is -0.487 e. The Morgan fingerprint density at radius 1 is 1.20 bits per heavy atom. The third-order valence-corrected chi connectivity index (χ3v) is 7.37. The van der Waals surface area contributed by atoms with E-state index < -0.39 is 9.84 Å². The molecule has 3 aromatic rings. The van der Waals surface area contributed by atoms with Crippen LogP contribution in [0.1, 0.15) is 29.8 Å². The van der Waals surface area contributed by atoms with Crippen molar-refractivity contribution in [2.45, 2.75) is 25.9 Å². The summed E-state index contributed by atoms with van der Waals surface area (Å²) in [4.78, 5) is 21.9. The first-order valence-corrected chi connectivity index (χ1v) is 13.7. The van der Waals surface area contributed by atoms with Gasteiger partial charge in [-0.05, 0) is 26.0 Å². The summed E-state index contributed by atoms with van der Waals surface area (Å²) < 4.78 is 30.8. The van der Waals surface area contributed by atoms with Gasteiger partial charge < -0.3 is 15.0 Å². The molecule has 1 aromatic carbocycles. The van der Waals surface area contributed by atoms with Crippen LogP contribution in [-0.2, 0) is 16.3 Å². The van der Waals surface area contributed by atoms with Crippen molar-refractivity contribution in [2.75, 3.05) is 54.9 Å². The van der Waals surface area contributed by atoms with Gasteiger partial charge in [0, 0.05) is 69.4 Å². The molecule has 2 aliphatic rings. The molecular weight excluding hydrogens is 468 g/mol. The Balaban J connectivity index is 1.40. The van der Waals surface area contributed by atoms with Gasteiger partial charge in [0.25, 0.3) is 5.91 Å².